The molecule has 0 N–H and O–H groups in total. The van der Waals surface area contributed by atoms with Gasteiger partial charge >= 0.3 is 0 Å². The van der Waals surface area contributed by atoms with Crippen molar-refractivity contribution in [3.8, 4) is 0 Å². The van der Waals surface area contributed by atoms with E-state index in [4.69, 9.17) is 39.5 Å². The second-order valence-corrected chi connectivity index (χ2v) is 5.29. The van der Waals surface area contributed by atoms with E-state index in [0.29, 0.717) is 10.6 Å². The van der Waals surface area contributed by atoms with E-state index in [9.17, 15) is 9.59 Å². The molecule has 7 heteroatoms. The summed E-state index contributed by atoms with van der Waals surface area (Å²) in [6, 6.07) is 4.63. The number of carbonyl (C=O) groups excluding carboxylic acids is 2. The third-order valence-electron chi connectivity index (χ3n) is 2.83. The lowest BCUT2D eigenvalue weighted by Gasteiger charge is -2.14. The van der Waals surface area contributed by atoms with Crippen molar-refractivity contribution in [2.24, 2.45) is 0 Å². The molecule has 1 aliphatic rings. The van der Waals surface area contributed by atoms with E-state index in [1.807, 2.05) is 0 Å². The summed E-state index contributed by atoms with van der Waals surface area (Å²) in [4.78, 5) is 25.3. The summed E-state index contributed by atoms with van der Waals surface area (Å²) in [5, 5.41) is 0.555. The van der Waals surface area contributed by atoms with Crippen molar-refractivity contribution < 1.29 is 14.3 Å². The Morgan fingerprint density at radius 1 is 1.15 bits per heavy atom. The van der Waals surface area contributed by atoms with Crippen LogP contribution in [0, 0.1) is 0 Å². The van der Waals surface area contributed by atoms with Gasteiger partial charge in [0.25, 0.3) is 11.8 Å². The van der Waals surface area contributed by atoms with Gasteiger partial charge < -0.3 is 4.74 Å². The molecule has 2 amide bonds. The summed E-state index contributed by atoms with van der Waals surface area (Å²) in [6.07, 6.45) is 0. The normalized spacial score (nSPS) is 15.5. The smallest absolute Gasteiger partial charge is 0.273 e. The van der Waals surface area contributed by atoms with Crippen LogP contribution in [0.4, 0.5) is 0 Å². The first-order valence-corrected chi connectivity index (χ1v) is 6.81. The summed E-state index contributed by atoms with van der Waals surface area (Å²) in [5.74, 6) is -1.03. The fourth-order valence-electron chi connectivity index (χ4n) is 1.86. The van der Waals surface area contributed by atoms with E-state index < -0.39 is 11.8 Å². The highest BCUT2D eigenvalue weighted by Crippen LogP contribution is 2.36. The molecule has 2 rings (SSSR count). The van der Waals surface area contributed by atoms with E-state index in [-0.39, 0.29) is 28.8 Å². The molecule has 1 heterocycles. The molecule has 0 spiro atoms. The molecule has 1 aromatic carbocycles. The lowest BCUT2D eigenvalue weighted by atomic mass is 10.1. The molecule has 0 atom stereocenters. The van der Waals surface area contributed by atoms with Crippen LogP contribution in [-0.2, 0) is 14.3 Å². The molecular formula is C13H10Cl3NO3. The maximum Gasteiger partial charge on any atom is 0.273 e. The van der Waals surface area contributed by atoms with Crippen LogP contribution in [0.1, 0.15) is 5.56 Å². The second kappa shape index (κ2) is 6.14. The minimum Gasteiger partial charge on any atom is -0.383 e. The van der Waals surface area contributed by atoms with Gasteiger partial charge in [-0.2, -0.15) is 0 Å². The maximum atomic E-state index is 12.3. The molecule has 0 saturated heterocycles. The van der Waals surface area contributed by atoms with Crippen LogP contribution in [0.3, 0.4) is 0 Å². The minimum atomic E-state index is -0.547. The molecule has 0 aromatic heterocycles. The number of hydrogen-bond acceptors (Lipinski definition) is 3. The van der Waals surface area contributed by atoms with Gasteiger partial charge in [0, 0.05) is 17.7 Å². The topological polar surface area (TPSA) is 46.6 Å². The van der Waals surface area contributed by atoms with Crippen LogP contribution in [0.2, 0.25) is 10.0 Å². The molecule has 1 aliphatic heterocycles. The van der Waals surface area contributed by atoms with Crippen molar-refractivity contribution >= 4 is 52.2 Å². The molecule has 0 bridgehead atoms. The fourth-order valence-corrected chi connectivity index (χ4v) is 2.65. The summed E-state index contributed by atoms with van der Waals surface area (Å²) in [5.41, 5.74) is 0.480. The predicted octanol–water partition coefficient (Wildman–Crippen LogP) is 2.96. The van der Waals surface area contributed by atoms with Gasteiger partial charge in [-0.05, 0) is 12.1 Å². The van der Waals surface area contributed by atoms with Crippen LogP contribution >= 0.6 is 34.8 Å². The number of carbonyl (C=O) groups is 2. The van der Waals surface area contributed by atoms with Gasteiger partial charge in [-0.3, -0.25) is 14.5 Å². The van der Waals surface area contributed by atoms with Crippen molar-refractivity contribution in [1.29, 1.82) is 0 Å². The summed E-state index contributed by atoms with van der Waals surface area (Å²) in [6.45, 7) is 0.377. The highest BCUT2D eigenvalue weighted by atomic mass is 35.5. The van der Waals surface area contributed by atoms with Crippen molar-refractivity contribution in [3.05, 3.63) is 38.8 Å². The van der Waals surface area contributed by atoms with Gasteiger partial charge in [0.05, 0.1) is 23.7 Å². The Hall–Kier alpha value is -1.07. The van der Waals surface area contributed by atoms with Gasteiger partial charge in [0.1, 0.15) is 5.03 Å². The number of imide groups is 1. The average molecular weight is 335 g/mol. The molecule has 0 radical (unpaired) electrons. The van der Waals surface area contributed by atoms with Crippen LogP contribution in [0.25, 0.3) is 5.57 Å². The fraction of sp³-hybridized carbons (Fsp3) is 0.231. The average Bonchev–Trinajstić information content (AvgIpc) is 2.60. The zero-order chi connectivity index (χ0) is 14.9. The number of nitrogens with zero attached hydrogens (tertiary/aromatic N) is 1. The Kier molecular flexibility index (Phi) is 4.70. The van der Waals surface area contributed by atoms with Crippen molar-refractivity contribution in [3.63, 3.8) is 0 Å². The Bertz CT molecular complexity index is 613. The molecular weight excluding hydrogens is 325 g/mol. The highest BCUT2D eigenvalue weighted by Gasteiger charge is 2.38. The van der Waals surface area contributed by atoms with Crippen molar-refractivity contribution in [1.82, 2.24) is 4.90 Å². The number of benzene rings is 1. The lowest BCUT2D eigenvalue weighted by Crippen LogP contribution is -2.34. The quantitative estimate of drug-likeness (QED) is 0.795. The number of rotatable bonds is 4. The molecule has 20 heavy (non-hydrogen) atoms. The van der Waals surface area contributed by atoms with Crippen molar-refractivity contribution in [2.45, 2.75) is 0 Å². The number of halogens is 3. The SMILES string of the molecule is COCCN1C(=O)C(Cl)=C(c2ccc(Cl)cc2Cl)C1=O. The number of amides is 2. The molecule has 0 unspecified atom stereocenters. The molecule has 0 saturated carbocycles. The Labute approximate surface area is 130 Å². The minimum absolute atomic E-state index is 0.0921. The Morgan fingerprint density at radius 3 is 2.45 bits per heavy atom. The standard InChI is InChI=1S/C13H10Cl3NO3/c1-20-5-4-17-12(18)10(11(16)13(17)19)8-3-2-7(14)6-9(8)15/h2-3,6H,4-5H2,1H3. The van der Waals surface area contributed by atoms with E-state index >= 15 is 0 Å². The Balaban J connectivity index is 2.41. The van der Waals surface area contributed by atoms with E-state index in [0.717, 1.165) is 4.90 Å². The van der Waals surface area contributed by atoms with Crippen molar-refractivity contribution in [2.75, 3.05) is 20.3 Å². The number of ether oxygens (including phenoxy) is 1. The van der Waals surface area contributed by atoms with Gasteiger partial charge in [0.15, 0.2) is 0 Å². The van der Waals surface area contributed by atoms with Crippen LogP contribution in [0.15, 0.2) is 23.2 Å². The van der Waals surface area contributed by atoms with E-state index in [1.165, 1.54) is 13.2 Å². The molecule has 0 fully saturated rings. The van der Waals surface area contributed by atoms with Crippen LogP contribution in [-0.4, -0.2) is 37.0 Å². The third-order valence-corrected chi connectivity index (χ3v) is 3.73. The zero-order valence-corrected chi connectivity index (χ0v) is 12.7. The first-order chi connectivity index (χ1) is 9.47. The van der Waals surface area contributed by atoms with E-state index in [1.54, 1.807) is 12.1 Å². The molecule has 106 valence electrons. The van der Waals surface area contributed by atoms with Crippen LogP contribution < -0.4 is 0 Å². The van der Waals surface area contributed by atoms with Gasteiger partial charge in [0.2, 0.25) is 0 Å². The maximum absolute atomic E-state index is 12.3. The number of hydrogen-bond donors (Lipinski definition) is 0. The van der Waals surface area contributed by atoms with Gasteiger partial charge in [-0.15, -0.1) is 0 Å². The summed E-state index contributed by atoms with van der Waals surface area (Å²) in [7, 11) is 1.48. The summed E-state index contributed by atoms with van der Waals surface area (Å²) < 4.78 is 4.86. The second-order valence-electron chi connectivity index (χ2n) is 4.07. The third kappa shape index (κ3) is 2.69. The predicted molar refractivity (Wildman–Crippen MR) is 77.8 cm³/mol. The number of methoxy groups -OCH3 is 1. The highest BCUT2D eigenvalue weighted by molar-refractivity contribution is 6.55. The van der Waals surface area contributed by atoms with E-state index in [2.05, 4.69) is 0 Å². The first kappa shape index (κ1) is 15.3. The molecule has 1 aromatic rings. The molecule has 0 aliphatic carbocycles. The Morgan fingerprint density at radius 2 is 1.85 bits per heavy atom. The summed E-state index contributed by atoms with van der Waals surface area (Å²) >= 11 is 17.8. The monoisotopic (exact) mass is 333 g/mol. The largest absolute Gasteiger partial charge is 0.383 e. The zero-order valence-electron chi connectivity index (χ0n) is 10.5. The first-order valence-electron chi connectivity index (χ1n) is 5.67. The van der Waals surface area contributed by atoms with Gasteiger partial charge in [-0.25, -0.2) is 0 Å². The molecule has 4 nitrogen and oxygen atoms in total. The lowest BCUT2D eigenvalue weighted by molar-refractivity contribution is -0.137. The van der Waals surface area contributed by atoms with Gasteiger partial charge in [-0.1, -0.05) is 40.9 Å². The van der Waals surface area contributed by atoms with Crippen LogP contribution in [0.5, 0.6) is 0 Å².